The Balaban J connectivity index is 1.27. The van der Waals surface area contributed by atoms with Gasteiger partial charge in [0, 0.05) is 33.6 Å². The molecule has 0 radical (unpaired) electrons. The zero-order valence-corrected chi connectivity index (χ0v) is 21.2. The van der Waals surface area contributed by atoms with Gasteiger partial charge in [0.25, 0.3) is 5.91 Å². The van der Waals surface area contributed by atoms with Crippen LogP contribution in [0.5, 0.6) is 0 Å². The molecule has 2 fully saturated rings. The molecule has 1 saturated heterocycles. The van der Waals surface area contributed by atoms with E-state index in [-0.39, 0.29) is 34.2 Å². The minimum atomic E-state index is -1.04. The van der Waals surface area contributed by atoms with Crippen LogP contribution in [0.25, 0.3) is 0 Å². The number of ether oxygens (including phenoxy) is 1. The number of benzene rings is 3. The summed E-state index contributed by atoms with van der Waals surface area (Å²) in [5.41, 5.74) is 1.30. The highest BCUT2D eigenvalue weighted by Gasteiger charge is 2.72. The number of rotatable bonds is 6. The fourth-order valence-corrected chi connectivity index (χ4v) is 5.83. The Morgan fingerprint density at radius 1 is 0.943 bits per heavy atom. The van der Waals surface area contributed by atoms with E-state index in [9.17, 15) is 13.6 Å². The van der Waals surface area contributed by atoms with Gasteiger partial charge < -0.3 is 15.4 Å². The summed E-state index contributed by atoms with van der Waals surface area (Å²) in [7, 11) is 0. The van der Waals surface area contributed by atoms with E-state index in [0.717, 1.165) is 17.7 Å². The molecule has 1 saturated carbocycles. The lowest BCUT2D eigenvalue weighted by atomic mass is 10.1. The van der Waals surface area contributed by atoms with E-state index in [1.807, 2.05) is 0 Å². The van der Waals surface area contributed by atoms with Crippen LogP contribution in [-0.4, -0.2) is 22.6 Å². The van der Waals surface area contributed by atoms with Gasteiger partial charge in [0.2, 0.25) is 0 Å². The lowest BCUT2D eigenvalue weighted by molar-refractivity contribution is 0.102. The van der Waals surface area contributed by atoms with Crippen molar-refractivity contribution in [1.29, 1.82) is 0 Å². The van der Waals surface area contributed by atoms with Gasteiger partial charge in [-0.3, -0.25) is 4.79 Å². The zero-order chi connectivity index (χ0) is 25.1. The fourth-order valence-electron chi connectivity index (χ4n) is 4.19. The van der Waals surface area contributed by atoms with E-state index in [1.54, 1.807) is 24.3 Å². The third kappa shape index (κ3) is 5.06. The molecule has 0 bridgehead atoms. The smallest absolute Gasteiger partial charge is 0.257 e. The average molecular weight is 579 g/mol. The summed E-state index contributed by atoms with van der Waals surface area (Å²) in [4.78, 5) is 12.7. The van der Waals surface area contributed by atoms with Crippen LogP contribution in [0, 0.1) is 17.6 Å². The van der Waals surface area contributed by atoms with E-state index in [0.29, 0.717) is 21.8 Å². The number of anilines is 2. The SMILES string of the molecule is O=C(Nc1ccc(F)cc1F)c1cc(NC2OC2C2C(c3cc(Cl)cc(Cl)c3)C2(Cl)Cl)ccc1Cl. The molecule has 4 atom stereocenters. The minimum absolute atomic E-state index is 0.0968. The number of nitrogens with one attached hydrogen (secondary N) is 2. The molecule has 1 aliphatic carbocycles. The normalized spacial score (nSPS) is 24.1. The van der Waals surface area contributed by atoms with Crippen LogP contribution in [0.15, 0.2) is 54.6 Å². The Morgan fingerprint density at radius 2 is 1.66 bits per heavy atom. The summed E-state index contributed by atoms with van der Waals surface area (Å²) < 4.78 is 31.8. The second-order valence-corrected chi connectivity index (χ2v) is 11.0. The molecule has 3 aromatic carbocycles. The van der Waals surface area contributed by atoms with Crippen molar-refractivity contribution in [2.45, 2.75) is 22.6 Å². The van der Waals surface area contributed by atoms with E-state index >= 15 is 0 Å². The molecule has 1 heterocycles. The molecule has 2 N–H and O–H groups in total. The Bertz CT molecular complexity index is 1320. The minimum Gasteiger partial charge on any atom is -0.358 e. The topological polar surface area (TPSA) is 53.7 Å². The van der Waals surface area contributed by atoms with Crippen LogP contribution in [0.2, 0.25) is 15.1 Å². The molecule has 4 nitrogen and oxygen atoms in total. The molecule has 35 heavy (non-hydrogen) atoms. The Kier molecular flexibility index (Phi) is 6.58. The van der Waals surface area contributed by atoms with Gasteiger partial charge in [-0.05, 0) is 54.1 Å². The number of carbonyl (C=O) groups excluding carboxylic acids is 1. The maximum absolute atomic E-state index is 13.9. The quantitative estimate of drug-likeness (QED) is 0.231. The molecule has 0 aromatic heterocycles. The lowest BCUT2D eigenvalue weighted by Crippen LogP contribution is -2.15. The van der Waals surface area contributed by atoms with Crippen molar-refractivity contribution < 1.29 is 18.3 Å². The predicted octanol–water partition coefficient (Wildman–Crippen LogP) is 7.90. The summed E-state index contributed by atoms with van der Waals surface area (Å²) in [5, 5.41) is 6.69. The van der Waals surface area contributed by atoms with Crippen LogP contribution in [0.3, 0.4) is 0 Å². The number of hydrogen-bond acceptors (Lipinski definition) is 3. The Hall–Kier alpha value is -1.80. The maximum atomic E-state index is 13.9. The van der Waals surface area contributed by atoms with Crippen molar-refractivity contribution >= 4 is 75.3 Å². The largest absolute Gasteiger partial charge is 0.358 e. The summed E-state index contributed by atoms with van der Waals surface area (Å²) in [5.74, 6) is -2.72. The standard InChI is InChI=1S/C24H15Cl5F2N2O2/c25-11-5-10(6-12(26)7-11)19-20(24(19,28)29)21-23(35-21)32-14-2-3-16(27)15(9-14)22(34)33-18-4-1-13(30)8-17(18)31/h1-9,19-21,23,32H,(H,33,34). The Labute approximate surface area is 224 Å². The molecule has 4 unspecified atom stereocenters. The average Bonchev–Trinajstić information content (AvgIpc) is 3.64. The lowest BCUT2D eigenvalue weighted by Gasteiger charge is -2.10. The number of hydrogen-bond donors (Lipinski definition) is 2. The van der Waals surface area contributed by atoms with Gasteiger partial charge in [0.05, 0.1) is 16.3 Å². The number of carbonyl (C=O) groups is 1. The van der Waals surface area contributed by atoms with Crippen molar-refractivity contribution in [3.05, 3.63) is 92.4 Å². The van der Waals surface area contributed by atoms with Crippen LogP contribution < -0.4 is 10.6 Å². The molecule has 1 amide bonds. The van der Waals surface area contributed by atoms with E-state index in [2.05, 4.69) is 10.6 Å². The van der Waals surface area contributed by atoms with Gasteiger partial charge >= 0.3 is 0 Å². The van der Waals surface area contributed by atoms with Crippen molar-refractivity contribution in [3.63, 3.8) is 0 Å². The van der Waals surface area contributed by atoms with Gasteiger partial charge in [-0.15, -0.1) is 23.2 Å². The summed E-state index contributed by atoms with van der Waals surface area (Å²) >= 11 is 31.5. The van der Waals surface area contributed by atoms with Crippen LogP contribution in [0.4, 0.5) is 20.2 Å². The van der Waals surface area contributed by atoms with E-state index < -0.39 is 28.1 Å². The first-order valence-electron chi connectivity index (χ1n) is 10.4. The highest BCUT2D eigenvalue weighted by Crippen LogP contribution is 2.69. The third-order valence-corrected chi connectivity index (χ3v) is 7.67. The van der Waals surface area contributed by atoms with Gasteiger partial charge in [0.15, 0.2) is 6.23 Å². The summed E-state index contributed by atoms with van der Waals surface area (Å²) in [6.07, 6.45) is -0.683. The molecule has 0 spiro atoms. The molecule has 2 aliphatic rings. The monoisotopic (exact) mass is 576 g/mol. The number of epoxide rings is 1. The van der Waals surface area contributed by atoms with E-state index in [1.165, 1.54) is 12.1 Å². The molecular weight excluding hydrogens is 564 g/mol. The van der Waals surface area contributed by atoms with Crippen molar-refractivity contribution in [2.75, 3.05) is 10.6 Å². The summed E-state index contributed by atoms with van der Waals surface area (Å²) in [6.45, 7) is 0. The highest BCUT2D eigenvalue weighted by molar-refractivity contribution is 6.52. The van der Waals surface area contributed by atoms with Crippen molar-refractivity contribution in [2.24, 2.45) is 5.92 Å². The van der Waals surface area contributed by atoms with Crippen LogP contribution in [-0.2, 0) is 4.74 Å². The number of alkyl halides is 2. The van der Waals surface area contributed by atoms with Gasteiger partial charge in [-0.25, -0.2) is 8.78 Å². The van der Waals surface area contributed by atoms with Gasteiger partial charge in [-0.2, -0.15) is 0 Å². The molecule has 182 valence electrons. The van der Waals surface area contributed by atoms with Crippen LogP contribution >= 0.6 is 58.0 Å². The molecule has 1 aliphatic heterocycles. The summed E-state index contributed by atoms with van der Waals surface area (Å²) in [6, 6.07) is 12.7. The fraction of sp³-hybridized carbons (Fsp3) is 0.208. The first-order valence-corrected chi connectivity index (χ1v) is 12.3. The third-order valence-electron chi connectivity index (χ3n) is 5.93. The van der Waals surface area contributed by atoms with E-state index in [4.69, 9.17) is 62.7 Å². The molecular formula is C24H15Cl5F2N2O2. The van der Waals surface area contributed by atoms with Crippen LogP contribution in [0.1, 0.15) is 21.8 Å². The van der Waals surface area contributed by atoms with Gasteiger partial charge in [0.1, 0.15) is 22.1 Å². The number of amides is 1. The zero-order valence-electron chi connectivity index (χ0n) is 17.5. The first kappa shape index (κ1) is 24.9. The maximum Gasteiger partial charge on any atom is 0.257 e. The Morgan fingerprint density at radius 3 is 2.34 bits per heavy atom. The second kappa shape index (κ2) is 9.25. The predicted molar refractivity (Wildman–Crippen MR) is 135 cm³/mol. The van der Waals surface area contributed by atoms with Gasteiger partial charge in [-0.1, -0.05) is 34.8 Å². The molecule has 5 rings (SSSR count). The van der Waals surface area contributed by atoms with Crippen molar-refractivity contribution in [1.82, 2.24) is 0 Å². The van der Waals surface area contributed by atoms with Crippen molar-refractivity contribution in [3.8, 4) is 0 Å². The highest BCUT2D eigenvalue weighted by atomic mass is 35.5. The first-order chi connectivity index (χ1) is 16.5. The number of halogens is 7. The second-order valence-electron chi connectivity index (χ2n) is 8.32. The molecule has 11 heteroatoms. The molecule has 3 aromatic rings.